The van der Waals surface area contributed by atoms with E-state index in [1.807, 2.05) is 0 Å². The third-order valence-corrected chi connectivity index (χ3v) is 5.84. The fourth-order valence-corrected chi connectivity index (χ4v) is 4.18. The number of nitrogens with zero attached hydrogens (tertiary/aromatic N) is 2. The van der Waals surface area contributed by atoms with Crippen LogP contribution in [0.15, 0.2) is 0 Å². The number of Topliss-reactive ketones (excluding diaryl/α,β-unsaturated/α-hetero) is 1. The minimum absolute atomic E-state index is 0.0417. The van der Waals surface area contributed by atoms with Crippen LogP contribution in [0, 0.1) is 12.8 Å². The fraction of sp³-hybridized carbons (Fsp3) is 0.619. The molecule has 0 spiro atoms. The lowest BCUT2D eigenvalue weighted by Gasteiger charge is -2.32. The molecule has 3 rings (SSSR count). The maximum absolute atomic E-state index is 12.9. The lowest BCUT2D eigenvalue weighted by Crippen LogP contribution is -2.45. The molecule has 1 aliphatic carbocycles. The monoisotopic (exact) mass is 403 g/mol. The number of esters is 1. The Labute approximate surface area is 170 Å². The van der Waals surface area contributed by atoms with Crippen LogP contribution >= 0.6 is 0 Å². The van der Waals surface area contributed by atoms with E-state index in [4.69, 9.17) is 4.74 Å². The molecule has 2 heterocycles. The number of aryl methyl sites for hydroxylation is 1. The molecule has 0 saturated carbocycles. The Bertz CT molecular complexity index is 821. The van der Waals surface area contributed by atoms with Crippen molar-refractivity contribution in [2.75, 3.05) is 33.3 Å². The van der Waals surface area contributed by atoms with Crippen LogP contribution < -0.4 is 0 Å². The molecule has 0 bridgehead atoms. The fourth-order valence-electron chi connectivity index (χ4n) is 4.18. The number of amides is 2. The van der Waals surface area contributed by atoms with Crippen LogP contribution in [0.2, 0.25) is 0 Å². The van der Waals surface area contributed by atoms with Crippen molar-refractivity contribution < 1.29 is 23.9 Å². The summed E-state index contributed by atoms with van der Waals surface area (Å²) in [7, 11) is 1.59. The van der Waals surface area contributed by atoms with Crippen molar-refractivity contribution in [2.45, 2.75) is 46.0 Å². The van der Waals surface area contributed by atoms with Gasteiger partial charge in [-0.2, -0.15) is 0 Å². The number of likely N-dealkylation sites (N-methyl/N-ethyl adjacent to an activating group) is 1. The molecule has 1 aromatic heterocycles. The molecule has 158 valence electrons. The van der Waals surface area contributed by atoms with Gasteiger partial charge in [-0.3, -0.25) is 19.2 Å². The maximum Gasteiger partial charge on any atom is 0.309 e. The normalized spacial score (nSPS) is 17.1. The van der Waals surface area contributed by atoms with E-state index in [-0.39, 0.29) is 36.0 Å². The van der Waals surface area contributed by atoms with Crippen LogP contribution in [-0.2, 0) is 20.7 Å². The third kappa shape index (κ3) is 4.36. The van der Waals surface area contributed by atoms with Gasteiger partial charge in [0.2, 0.25) is 5.91 Å². The molecule has 1 aliphatic heterocycles. The van der Waals surface area contributed by atoms with Gasteiger partial charge in [-0.1, -0.05) is 0 Å². The Morgan fingerprint density at radius 3 is 2.52 bits per heavy atom. The summed E-state index contributed by atoms with van der Waals surface area (Å²) in [5.74, 6) is -0.730. The van der Waals surface area contributed by atoms with Crippen LogP contribution in [0.1, 0.15) is 64.7 Å². The smallest absolute Gasteiger partial charge is 0.309 e. The van der Waals surface area contributed by atoms with Gasteiger partial charge < -0.3 is 19.5 Å². The minimum Gasteiger partial charge on any atom is -0.466 e. The number of likely N-dealkylation sites (tertiary alicyclic amines) is 1. The van der Waals surface area contributed by atoms with E-state index in [9.17, 15) is 19.2 Å². The first-order valence-electron chi connectivity index (χ1n) is 10.3. The highest BCUT2D eigenvalue weighted by atomic mass is 16.5. The number of carbonyl (C=O) groups is 4. The molecule has 0 unspecified atom stereocenters. The summed E-state index contributed by atoms with van der Waals surface area (Å²) in [5, 5.41) is 0. The predicted molar refractivity (Wildman–Crippen MR) is 106 cm³/mol. The number of hydrogen-bond acceptors (Lipinski definition) is 5. The molecule has 1 fully saturated rings. The van der Waals surface area contributed by atoms with E-state index in [2.05, 4.69) is 4.98 Å². The number of piperidine rings is 1. The maximum atomic E-state index is 12.9. The Balaban J connectivity index is 1.59. The summed E-state index contributed by atoms with van der Waals surface area (Å²) in [5.41, 5.74) is 2.52. The summed E-state index contributed by atoms with van der Waals surface area (Å²) in [6, 6.07) is 0. The zero-order valence-corrected chi connectivity index (χ0v) is 17.4. The molecule has 8 heteroatoms. The van der Waals surface area contributed by atoms with E-state index in [0.717, 1.165) is 18.5 Å². The van der Waals surface area contributed by atoms with Crippen molar-refractivity contribution >= 4 is 23.6 Å². The van der Waals surface area contributed by atoms with E-state index >= 15 is 0 Å². The number of rotatable bonds is 5. The Hall–Kier alpha value is -2.64. The molecule has 1 aromatic rings. The Kier molecular flexibility index (Phi) is 6.39. The van der Waals surface area contributed by atoms with E-state index in [1.54, 1.807) is 25.8 Å². The largest absolute Gasteiger partial charge is 0.466 e. The van der Waals surface area contributed by atoms with Crippen LogP contribution in [0.5, 0.6) is 0 Å². The lowest BCUT2D eigenvalue weighted by atomic mass is 9.94. The van der Waals surface area contributed by atoms with Crippen molar-refractivity contribution in [1.29, 1.82) is 0 Å². The number of ether oxygens (including phenoxy) is 1. The predicted octanol–water partition coefficient (Wildman–Crippen LogP) is 1.72. The van der Waals surface area contributed by atoms with Crippen LogP contribution in [-0.4, -0.2) is 71.6 Å². The van der Waals surface area contributed by atoms with Gasteiger partial charge in [0.15, 0.2) is 5.78 Å². The molecular formula is C21H29N3O5. The molecule has 0 aromatic carbocycles. The van der Waals surface area contributed by atoms with Gasteiger partial charge in [0.1, 0.15) is 5.69 Å². The molecule has 2 amide bonds. The average molecular weight is 403 g/mol. The number of fused-ring (bicyclic) bond motifs is 1. The van der Waals surface area contributed by atoms with E-state index in [1.165, 1.54) is 4.90 Å². The van der Waals surface area contributed by atoms with E-state index < -0.39 is 0 Å². The van der Waals surface area contributed by atoms with Gasteiger partial charge in [-0.25, -0.2) is 0 Å². The van der Waals surface area contributed by atoms with Crippen molar-refractivity contribution in [3.05, 3.63) is 22.5 Å². The Morgan fingerprint density at radius 1 is 1.21 bits per heavy atom. The second-order valence-corrected chi connectivity index (χ2v) is 7.82. The zero-order chi connectivity index (χ0) is 21.1. The number of H-pyrrole nitrogens is 1. The number of aromatic nitrogens is 1. The SMILES string of the molecule is CCOC(=O)C1CCN(C(=O)CN(C)C(=O)c2[nH]c3c(c2C)C(=O)CCC3)CC1. The first-order chi connectivity index (χ1) is 13.8. The van der Waals surface area contributed by atoms with Crippen molar-refractivity contribution in [3.63, 3.8) is 0 Å². The number of nitrogens with one attached hydrogen (secondary N) is 1. The molecule has 1 N–H and O–H groups in total. The molecule has 2 aliphatic rings. The Morgan fingerprint density at radius 2 is 1.90 bits per heavy atom. The topological polar surface area (TPSA) is 99.8 Å². The summed E-state index contributed by atoms with van der Waals surface area (Å²) in [6.07, 6.45) is 3.21. The second kappa shape index (κ2) is 8.80. The molecule has 0 atom stereocenters. The molecule has 1 saturated heterocycles. The minimum atomic E-state index is -0.292. The molecule has 29 heavy (non-hydrogen) atoms. The summed E-state index contributed by atoms with van der Waals surface area (Å²) in [4.78, 5) is 55.7. The van der Waals surface area contributed by atoms with Gasteiger partial charge >= 0.3 is 5.97 Å². The highest BCUT2D eigenvalue weighted by molar-refractivity contribution is 6.04. The number of ketones is 1. The first-order valence-corrected chi connectivity index (χ1v) is 10.3. The highest BCUT2D eigenvalue weighted by Gasteiger charge is 2.31. The van der Waals surface area contributed by atoms with Crippen LogP contribution in [0.3, 0.4) is 0 Å². The summed E-state index contributed by atoms with van der Waals surface area (Å²) in [6.45, 7) is 4.84. The summed E-state index contributed by atoms with van der Waals surface area (Å²) < 4.78 is 5.05. The van der Waals surface area contributed by atoms with Crippen LogP contribution in [0.25, 0.3) is 0 Å². The molecule has 8 nitrogen and oxygen atoms in total. The van der Waals surface area contributed by atoms with Gasteiger partial charge in [0.25, 0.3) is 5.91 Å². The quantitative estimate of drug-likeness (QED) is 0.755. The molecular weight excluding hydrogens is 374 g/mol. The van der Waals surface area contributed by atoms with Crippen molar-refractivity contribution in [1.82, 2.24) is 14.8 Å². The second-order valence-electron chi connectivity index (χ2n) is 7.82. The standard InChI is InChI=1S/C21H29N3O5/c1-4-29-21(28)14-8-10-24(11-9-14)17(26)12-23(3)20(27)19-13(2)18-15(22-19)6-5-7-16(18)25/h14,22H,4-12H2,1-3H3. The average Bonchev–Trinajstić information content (AvgIpc) is 3.05. The van der Waals surface area contributed by atoms with Crippen molar-refractivity contribution in [3.8, 4) is 0 Å². The lowest BCUT2D eigenvalue weighted by molar-refractivity contribution is -0.151. The number of hydrogen-bond donors (Lipinski definition) is 1. The van der Waals surface area contributed by atoms with Gasteiger partial charge in [-0.15, -0.1) is 0 Å². The van der Waals surface area contributed by atoms with Gasteiger partial charge in [-0.05, 0) is 45.1 Å². The third-order valence-electron chi connectivity index (χ3n) is 5.84. The van der Waals surface area contributed by atoms with E-state index in [0.29, 0.717) is 55.8 Å². The van der Waals surface area contributed by atoms with Crippen LogP contribution in [0.4, 0.5) is 0 Å². The number of aromatic amines is 1. The highest BCUT2D eigenvalue weighted by Crippen LogP contribution is 2.27. The van der Waals surface area contributed by atoms with Crippen molar-refractivity contribution in [2.24, 2.45) is 5.92 Å². The number of carbonyl (C=O) groups excluding carboxylic acids is 4. The zero-order valence-electron chi connectivity index (χ0n) is 17.4. The summed E-state index contributed by atoms with van der Waals surface area (Å²) >= 11 is 0. The van der Waals surface area contributed by atoms with Gasteiger partial charge in [0.05, 0.1) is 19.1 Å². The first kappa shape index (κ1) is 21.1. The molecule has 0 radical (unpaired) electrons. The van der Waals surface area contributed by atoms with Gasteiger partial charge in [0, 0.05) is 37.8 Å².